The average molecular weight is 525 g/mol. The number of nitrogens with zero attached hydrogens (tertiary/aromatic N) is 5. The normalized spacial score (nSPS) is 15.3. The van der Waals surface area contributed by atoms with E-state index >= 15 is 0 Å². The van der Waals surface area contributed by atoms with Crippen molar-refractivity contribution in [2.24, 2.45) is 0 Å². The summed E-state index contributed by atoms with van der Waals surface area (Å²) in [6, 6.07) is 19.4. The van der Waals surface area contributed by atoms with Gasteiger partial charge in [-0.05, 0) is 63.1 Å². The Bertz CT molecular complexity index is 1480. The van der Waals surface area contributed by atoms with Crippen molar-refractivity contribution in [2.45, 2.75) is 38.8 Å². The molecule has 0 spiro atoms. The third-order valence-corrected chi connectivity index (χ3v) is 6.61. The van der Waals surface area contributed by atoms with Crippen molar-refractivity contribution in [1.29, 1.82) is 0 Å². The summed E-state index contributed by atoms with van der Waals surface area (Å²) < 4.78 is 5.52. The number of rotatable bonds is 5. The van der Waals surface area contributed by atoms with Crippen LogP contribution in [0.25, 0.3) is 22.0 Å². The summed E-state index contributed by atoms with van der Waals surface area (Å²) in [5.41, 5.74) is 2.77. The van der Waals surface area contributed by atoms with Crippen LogP contribution < -0.4 is 10.2 Å². The quantitative estimate of drug-likeness (QED) is 0.374. The van der Waals surface area contributed by atoms with Gasteiger partial charge >= 0.3 is 6.09 Å². The van der Waals surface area contributed by atoms with Crippen molar-refractivity contribution in [2.75, 3.05) is 30.4 Å². The average Bonchev–Trinajstić information content (AvgIpc) is 3.42. The smallest absolute Gasteiger partial charge is 0.410 e. The largest absolute Gasteiger partial charge is 0.444 e. The van der Waals surface area contributed by atoms with Gasteiger partial charge in [0.15, 0.2) is 0 Å². The van der Waals surface area contributed by atoms with Crippen LogP contribution in [0.15, 0.2) is 73.1 Å². The maximum absolute atomic E-state index is 12.7. The Labute approximate surface area is 227 Å². The number of hydrogen-bond acceptors (Lipinski definition) is 7. The molecule has 39 heavy (non-hydrogen) atoms. The molecule has 1 saturated heterocycles. The van der Waals surface area contributed by atoms with Gasteiger partial charge in [0.05, 0.1) is 11.6 Å². The van der Waals surface area contributed by atoms with Gasteiger partial charge in [0, 0.05) is 49.2 Å². The molecule has 4 aromatic rings. The Kier molecular flexibility index (Phi) is 7.15. The molecule has 0 aliphatic carbocycles. The molecule has 0 unspecified atom stereocenters. The SMILES string of the molecule is CN(C(=O)OC(C)(C)C)[C@@H]1CCN(c2ccc3cc(NC(=O)c4ncc(-c5ccccc5)cn4)ccc3n2)C1. The third-order valence-electron chi connectivity index (χ3n) is 6.61. The molecule has 2 amide bonds. The van der Waals surface area contributed by atoms with E-state index in [-0.39, 0.29) is 23.9 Å². The lowest BCUT2D eigenvalue weighted by molar-refractivity contribution is 0.0237. The predicted molar refractivity (Wildman–Crippen MR) is 152 cm³/mol. The fourth-order valence-electron chi connectivity index (χ4n) is 4.53. The molecule has 1 aliphatic heterocycles. The Morgan fingerprint density at radius 1 is 1.00 bits per heavy atom. The molecule has 200 valence electrons. The Morgan fingerprint density at radius 3 is 2.46 bits per heavy atom. The molecular formula is C30H32N6O3. The number of nitrogens with one attached hydrogen (secondary N) is 1. The second kappa shape index (κ2) is 10.7. The highest BCUT2D eigenvalue weighted by Gasteiger charge is 2.31. The zero-order valence-corrected chi connectivity index (χ0v) is 22.6. The molecule has 3 heterocycles. The molecule has 2 aromatic heterocycles. The van der Waals surface area contributed by atoms with Crippen molar-refractivity contribution in [1.82, 2.24) is 19.9 Å². The molecule has 1 N–H and O–H groups in total. The number of fused-ring (bicyclic) bond motifs is 1. The number of likely N-dealkylation sites (N-methyl/N-ethyl adjacent to an activating group) is 1. The van der Waals surface area contributed by atoms with Gasteiger partial charge in [0.1, 0.15) is 11.4 Å². The first-order valence-corrected chi connectivity index (χ1v) is 13.0. The van der Waals surface area contributed by atoms with Gasteiger partial charge in [-0.1, -0.05) is 30.3 Å². The van der Waals surface area contributed by atoms with Crippen LogP contribution in [0.1, 0.15) is 37.8 Å². The van der Waals surface area contributed by atoms with E-state index in [1.165, 1.54) is 0 Å². The molecule has 9 heteroatoms. The van der Waals surface area contributed by atoms with Crippen LogP contribution in [0.3, 0.4) is 0 Å². The zero-order valence-electron chi connectivity index (χ0n) is 22.6. The maximum Gasteiger partial charge on any atom is 0.410 e. The van der Waals surface area contributed by atoms with Crippen molar-refractivity contribution < 1.29 is 14.3 Å². The molecule has 5 rings (SSSR count). The first kappa shape index (κ1) is 26.1. The van der Waals surface area contributed by atoms with Crippen LogP contribution in [-0.4, -0.2) is 63.6 Å². The van der Waals surface area contributed by atoms with Crippen LogP contribution in [0.2, 0.25) is 0 Å². The van der Waals surface area contributed by atoms with Gasteiger partial charge in [-0.3, -0.25) is 4.79 Å². The molecule has 1 atom stereocenters. The first-order chi connectivity index (χ1) is 18.7. The van der Waals surface area contributed by atoms with Crippen LogP contribution in [0, 0.1) is 0 Å². The van der Waals surface area contributed by atoms with E-state index in [9.17, 15) is 9.59 Å². The number of hydrogen-bond donors (Lipinski definition) is 1. The lowest BCUT2D eigenvalue weighted by Gasteiger charge is -2.28. The molecule has 0 saturated carbocycles. The minimum Gasteiger partial charge on any atom is -0.444 e. The fraction of sp³-hybridized carbons (Fsp3) is 0.300. The van der Waals surface area contributed by atoms with E-state index in [4.69, 9.17) is 9.72 Å². The number of amides is 2. The Morgan fingerprint density at radius 2 is 1.74 bits per heavy atom. The number of pyridine rings is 1. The van der Waals surface area contributed by atoms with Gasteiger partial charge in [-0.2, -0.15) is 0 Å². The second-order valence-corrected chi connectivity index (χ2v) is 10.7. The number of anilines is 2. The van der Waals surface area contributed by atoms with Crippen LogP contribution in [-0.2, 0) is 4.74 Å². The van der Waals surface area contributed by atoms with Crippen molar-refractivity contribution in [3.05, 3.63) is 78.9 Å². The van der Waals surface area contributed by atoms with Crippen LogP contribution in [0.4, 0.5) is 16.3 Å². The number of aromatic nitrogens is 3. The standard InChI is InChI=1S/C30H32N6O3/c1-30(2,3)39-29(38)35(4)24-14-15-36(19-24)26-13-10-21-16-23(11-12-25(21)34-26)33-28(37)27-31-17-22(18-32-27)20-8-6-5-7-9-20/h5-13,16-18,24H,14-15,19H2,1-4H3,(H,33,37)/t24-/m1/s1. The van der Waals surface area contributed by atoms with Crippen LogP contribution >= 0.6 is 0 Å². The highest BCUT2D eigenvalue weighted by Crippen LogP contribution is 2.26. The summed E-state index contributed by atoms with van der Waals surface area (Å²) in [7, 11) is 1.79. The van der Waals surface area contributed by atoms with Crippen molar-refractivity contribution >= 4 is 34.4 Å². The number of benzene rings is 2. The molecule has 9 nitrogen and oxygen atoms in total. The Hall–Kier alpha value is -4.53. The summed E-state index contributed by atoms with van der Waals surface area (Å²) >= 11 is 0. The van der Waals surface area contributed by atoms with E-state index in [2.05, 4.69) is 20.2 Å². The van der Waals surface area contributed by atoms with E-state index in [0.29, 0.717) is 12.2 Å². The predicted octanol–water partition coefficient (Wildman–Crippen LogP) is 5.39. The molecule has 2 aromatic carbocycles. The van der Waals surface area contributed by atoms with E-state index in [1.807, 2.05) is 81.4 Å². The number of ether oxygens (including phenoxy) is 1. The van der Waals surface area contributed by atoms with Gasteiger partial charge in [0.25, 0.3) is 5.91 Å². The van der Waals surface area contributed by atoms with Gasteiger partial charge in [-0.15, -0.1) is 0 Å². The molecule has 0 bridgehead atoms. The van der Waals surface area contributed by atoms with Gasteiger partial charge < -0.3 is 19.9 Å². The van der Waals surface area contributed by atoms with E-state index in [0.717, 1.165) is 40.8 Å². The van der Waals surface area contributed by atoms with Crippen LogP contribution in [0.5, 0.6) is 0 Å². The lowest BCUT2D eigenvalue weighted by Crippen LogP contribution is -2.42. The topological polar surface area (TPSA) is 101 Å². The fourth-order valence-corrected chi connectivity index (χ4v) is 4.53. The minimum absolute atomic E-state index is 0.0545. The minimum atomic E-state index is -0.526. The van der Waals surface area contributed by atoms with Gasteiger partial charge in [-0.25, -0.2) is 19.7 Å². The molecular weight excluding hydrogens is 492 g/mol. The molecule has 1 aliphatic rings. The molecule has 0 radical (unpaired) electrons. The summed E-state index contributed by atoms with van der Waals surface area (Å²) in [4.78, 5) is 42.4. The van der Waals surface area contributed by atoms with Crippen molar-refractivity contribution in [3.8, 4) is 11.1 Å². The number of carbonyl (C=O) groups excluding carboxylic acids is 2. The number of carbonyl (C=O) groups is 2. The summed E-state index contributed by atoms with van der Waals surface area (Å²) in [5, 5.41) is 3.77. The first-order valence-electron chi connectivity index (χ1n) is 13.0. The summed E-state index contributed by atoms with van der Waals surface area (Å²) in [6.45, 7) is 7.09. The van der Waals surface area contributed by atoms with Gasteiger partial charge in [0.2, 0.25) is 5.82 Å². The van der Waals surface area contributed by atoms with Crippen molar-refractivity contribution in [3.63, 3.8) is 0 Å². The van der Waals surface area contributed by atoms with E-state index < -0.39 is 5.60 Å². The lowest BCUT2D eigenvalue weighted by atomic mass is 10.1. The summed E-state index contributed by atoms with van der Waals surface area (Å²) in [5.74, 6) is 0.574. The monoisotopic (exact) mass is 524 g/mol. The Balaban J connectivity index is 1.23. The highest BCUT2D eigenvalue weighted by molar-refractivity contribution is 6.02. The maximum atomic E-state index is 12.7. The molecule has 1 fully saturated rings. The highest BCUT2D eigenvalue weighted by atomic mass is 16.6. The zero-order chi connectivity index (χ0) is 27.6. The summed E-state index contributed by atoms with van der Waals surface area (Å²) in [6.07, 6.45) is 3.83. The second-order valence-electron chi connectivity index (χ2n) is 10.7. The third kappa shape index (κ3) is 6.14. The van der Waals surface area contributed by atoms with E-state index in [1.54, 1.807) is 24.3 Å².